The van der Waals surface area contributed by atoms with Crippen molar-refractivity contribution in [2.75, 3.05) is 13.2 Å². The first-order valence-electron chi connectivity index (χ1n) is 5.65. The summed E-state index contributed by atoms with van der Waals surface area (Å²) in [6.07, 6.45) is 12.5. The van der Waals surface area contributed by atoms with Crippen molar-refractivity contribution in [1.29, 1.82) is 0 Å². The van der Waals surface area contributed by atoms with Crippen molar-refractivity contribution in [1.82, 2.24) is 0 Å². The Morgan fingerprint density at radius 3 is 3.13 bits per heavy atom. The number of terminal acetylenes is 1. The van der Waals surface area contributed by atoms with E-state index in [9.17, 15) is 0 Å². The minimum absolute atomic E-state index is 0.00901. The van der Waals surface area contributed by atoms with Gasteiger partial charge in [0.25, 0.3) is 0 Å². The Balaban J connectivity index is 2.12. The van der Waals surface area contributed by atoms with Crippen LogP contribution in [0, 0.1) is 12.3 Å². The van der Waals surface area contributed by atoms with Crippen LogP contribution in [0.15, 0.2) is 11.6 Å². The molecule has 0 spiro atoms. The van der Waals surface area contributed by atoms with Crippen molar-refractivity contribution < 1.29 is 9.47 Å². The number of unbranched alkanes of at least 4 members (excludes halogenated alkanes) is 1. The van der Waals surface area contributed by atoms with Crippen LogP contribution in [0.25, 0.3) is 0 Å². The lowest BCUT2D eigenvalue weighted by atomic mass is 10.2. The summed E-state index contributed by atoms with van der Waals surface area (Å²) in [5.41, 5.74) is 1.24. The van der Waals surface area contributed by atoms with Crippen LogP contribution in [0.2, 0.25) is 0 Å². The Hall–Kier alpha value is -0.780. The lowest BCUT2D eigenvalue weighted by Gasteiger charge is -2.22. The van der Waals surface area contributed by atoms with Crippen LogP contribution in [-0.4, -0.2) is 19.5 Å². The van der Waals surface area contributed by atoms with Crippen LogP contribution >= 0.6 is 0 Å². The molecule has 0 aromatic rings. The summed E-state index contributed by atoms with van der Waals surface area (Å²) in [5.74, 6) is 2.62. The monoisotopic (exact) mass is 208 g/mol. The lowest BCUT2D eigenvalue weighted by molar-refractivity contribution is -0.156. The molecule has 0 amide bonds. The molecule has 84 valence electrons. The average molecular weight is 208 g/mol. The van der Waals surface area contributed by atoms with Crippen molar-refractivity contribution in [2.24, 2.45) is 0 Å². The predicted octanol–water partition coefficient (Wildman–Crippen LogP) is 2.89. The molecule has 0 bridgehead atoms. The van der Waals surface area contributed by atoms with Crippen molar-refractivity contribution in [3.8, 4) is 12.3 Å². The summed E-state index contributed by atoms with van der Waals surface area (Å²) < 4.78 is 11.1. The molecule has 0 aromatic carbocycles. The first kappa shape index (κ1) is 12.3. The van der Waals surface area contributed by atoms with E-state index in [-0.39, 0.29) is 6.29 Å². The summed E-state index contributed by atoms with van der Waals surface area (Å²) in [7, 11) is 0. The summed E-state index contributed by atoms with van der Waals surface area (Å²) in [6, 6.07) is 0. The van der Waals surface area contributed by atoms with E-state index in [0.717, 1.165) is 32.3 Å². The molecule has 1 unspecified atom stereocenters. The highest BCUT2D eigenvalue weighted by Gasteiger charge is 2.13. The molecule has 1 heterocycles. The Labute approximate surface area is 92.6 Å². The van der Waals surface area contributed by atoms with Gasteiger partial charge in [0.15, 0.2) is 6.29 Å². The molecule has 0 saturated carbocycles. The largest absolute Gasteiger partial charge is 0.353 e. The molecule has 1 saturated heterocycles. The standard InChI is InChI=1S/C13H20O2/c1-3-4-5-8-12(2)11-15-13-9-6-7-10-14-13/h1,8,13H,4-7,9-11H2,2H3/b12-8-. The molecule has 2 heteroatoms. The summed E-state index contributed by atoms with van der Waals surface area (Å²) in [6.45, 7) is 3.57. The van der Waals surface area contributed by atoms with E-state index in [1.807, 2.05) is 0 Å². The lowest BCUT2D eigenvalue weighted by Crippen LogP contribution is -2.22. The van der Waals surface area contributed by atoms with Crippen LogP contribution in [-0.2, 0) is 9.47 Å². The van der Waals surface area contributed by atoms with Gasteiger partial charge in [-0.2, -0.15) is 0 Å². The molecule has 0 N–H and O–H groups in total. The average Bonchev–Trinajstić information content (AvgIpc) is 2.28. The number of hydrogen-bond donors (Lipinski definition) is 0. The fourth-order valence-corrected chi connectivity index (χ4v) is 1.53. The highest BCUT2D eigenvalue weighted by atomic mass is 16.7. The Bertz CT molecular complexity index is 231. The van der Waals surface area contributed by atoms with E-state index in [2.05, 4.69) is 18.9 Å². The highest BCUT2D eigenvalue weighted by molar-refractivity contribution is 5.00. The summed E-state index contributed by atoms with van der Waals surface area (Å²) >= 11 is 0. The molecule has 0 aliphatic carbocycles. The van der Waals surface area contributed by atoms with Gasteiger partial charge in [0.05, 0.1) is 6.61 Å². The third-order valence-corrected chi connectivity index (χ3v) is 2.42. The zero-order chi connectivity index (χ0) is 10.9. The van der Waals surface area contributed by atoms with Gasteiger partial charge in [-0.3, -0.25) is 0 Å². The van der Waals surface area contributed by atoms with Gasteiger partial charge < -0.3 is 9.47 Å². The van der Waals surface area contributed by atoms with Gasteiger partial charge in [0.1, 0.15) is 0 Å². The second-order valence-corrected chi connectivity index (χ2v) is 3.90. The first-order chi connectivity index (χ1) is 7.33. The van der Waals surface area contributed by atoms with Crippen molar-refractivity contribution in [3.63, 3.8) is 0 Å². The van der Waals surface area contributed by atoms with Gasteiger partial charge in [-0.15, -0.1) is 12.3 Å². The second kappa shape index (κ2) is 7.50. The number of hydrogen-bond acceptors (Lipinski definition) is 2. The maximum atomic E-state index is 5.63. The zero-order valence-electron chi connectivity index (χ0n) is 9.50. The second-order valence-electron chi connectivity index (χ2n) is 3.90. The van der Waals surface area contributed by atoms with E-state index in [4.69, 9.17) is 15.9 Å². The van der Waals surface area contributed by atoms with E-state index in [1.54, 1.807) is 0 Å². The van der Waals surface area contributed by atoms with Gasteiger partial charge in [0.2, 0.25) is 0 Å². The molecule has 1 rings (SSSR count). The smallest absolute Gasteiger partial charge is 0.158 e. The van der Waals surface area contributed by atoms with Crippen LogP contribution in [0.4, 0.5) is 0 Å². The number of allylic oxidation sites excluding steroid dienone is 1. The molecular formula is C13H20O2. The van der Waals surface area contributed by atoms with Crippen LogP contribution in [0.5, 0.6) is 0 Å². The van der Waals surface area contributed by atoms with Crippen LogP contribution in [0.1, 0.15) is 39.0 Å². The Kier molecular flexibility index (Phi) is 6.15. The van der Waals surface area contributed by atoms with Gasteiger partial charge in [0, 0.05) is 13.0 Å². The fraction of sp³-hybridized carbons (Fsp3) is 0.692. The van der Waals surface area contributed by atoms with Gasteiger partial charge in [-0.25, -0.2) is 0 Å². The normalized spacial score (nSPS) is 22.4. The molecule has 0 radical (unpaired) electrons. The summed E-state index contributed by atoms with van der Waals surface area (Å²) in [4.78, 5) is 0. The highest BCUT2D eigenvalue weighted by Crippen LogP contribution is 2.14. The van der Waals surface area contributed by atoms with E-state index >= 15 is 0 Å². The van der Waals surface area contributed by atoms with Gasteiger partial charge in [-0.1, -0.05) is 11.6 Å². The van der Waals surface area contributed by atoms with Gasteiger partial charge in [-0.05, 0) is 32.6 Å². The molecule has 15 heavy (non-hydrogen) atoms. The minimum atomic E-state index is 0.00901. The molecule has 1 atom stereocenters. The van der Waals surface area contributed by atoms with E-state index in [0.29, 0.717) is 6.61 Å². The SMILES string of the molecule is C#CCC/C=C(/C)COC1CCCCO1. The molecular weight excluding hydrogens is 188 g/mol. The predicted molar refractivity (Wildman–Crippen MR) is 61.4 cm³/mol. The van der Waals surface area contributed by atoms with Crippen molar-refractivity contribution >= 4 is 0 Å². The fourth-order valence-electron chi connectivity index (χ4n) is 1.53. The number of ether oxygens (including phenoxy) is 2. The minimum Gasteiger partial charge on any atom is -0.353 e. The third kappa shape index (κ3) is 5.61. The maximum Gasteiger partial charge on any atom is 0.158 e. The summed E-state index contributed by atoms with van der Waals surface area (Å²) in [5, 5.41) is 0. The molecule has 1 aliphatic rings. The van der Waals surface area contributed by atoms with E-state index in [1.165, 1.54) is 12.0 Å². The molecule has 0 aromatic heterocycles. The first-order valence-corrected chi connectivity index (χ1v) is 5.65. The van der Waals surface area contributed by atoms with Crippen LogP contribution in [0.3, 0.4) is 0 Å². The Morgan fingerprint density at radius 1 is 1.60 bits per heavy atom. The molecule has 1 fully saturated rings. The van der Waals surface area contributed by atoms with Gasteiger partial charge >= 0.3 is 0 Å². The maximum absolute atomic E-state index is 5.63. The zero-order valence-corrected chi connectivity index (χ0v) is 9.50. The van der Waals surface area contributed by atoms with Crippen LogP contribution < -0.4 is 0 Å². The van der Waals surface area contributed by atoms with Crippen molar-refractivity contribution in [3.05, 3.63) is 11.6 Å². The molecule has 1 aliphatic heterocycles. The number of rotatable bonds is 5. The third-order valence-electron chi connectivity index (χ3n) is 2.42. The van der Waals surface area contributed by atoms with Crippen molar-refractivity contribution in [2.45, 2.75) is 45.3 Å². The Morgan fingerprint density at radius 2 is 2.47 bits per heavy atom. The van der Waals surface area contributed by atoms with E-state index < -0.39 is 0 Å². The topological polar surface area (TPSA) is 18.5 Å². The quantitative estimate of drug-likeness (QED) is 0.393. The molecule has 2 nitrogen and oxygen atoms in total.